The van der Waals surface area contributed by atoms with Crippen molar-refractivity contribution in [3.8, 4) is 11.4 Å². The molecule has 0 bridgehead atoms. The Bertz CT molecular complexity index is 1530. The minimum Gasteiger partial charge on any atom is -0.497 e. The molecule has 3 aromatic carbocycles. The van der Waals surface area contributed by atoms with Crippen LogP contribution < -0.4 is 15.4 Å². The van der Waals surface area contributed by atoms with Crippen LogP contribution in [0.5, 0.6) is 5.75 Å². The second-order valence-electron chi connectivity index (χ2n) is 8.15. The number of ether oxygens (including phenoxy) is 1. The molecule has 0 radical (unpaired) electrons. The molecule has 4 rings (SSSR count). The van der Waals surface area contributed by atoms with Gasteiger partial charge in [0.25, 0.3) is 5.91 Å². The second-order valence-corrected chi connectivity index (χ2v) is 9.50. The molecule has 0 saturated carbocycles. The molecule has 0 spiro atoms. The third kappa shape index (κ3) is 7.10. The Balaban J connectivity index is 1.51. The first-order chi connectivity index (χ1) is 19.0. The van der Waals surface area contributed by atoms with Crippen molar-refractivity contribution in [3.63, 3.8) is 0 Å². The van der Waals surface area contributed by atoms with E-state index in [-0.39, 0.29) is 34.0 Å². The summed E-state index contributed by atoms with van der Waals surface area (Å²) in [5, 5.41) is 13.5. The molecule has 208 valence electrons. The number of anilines is 1. The van der Waals surface area contributed by atoms with Crippen LogP contribution in [-0.2, 0) is 17.5 Å². The zero-order chi connectivity index (χ0) is 28.9. The number of methoxy groups -OCH3 is 1. The van der Waals surface area contributed by atoms with Gasteiger partial charge in [-0.1, -0.05) is 29.4 Å². The fourth-order valence-electron chi connectivity index (χ4n) is 3.50. The molecule has 4 aromatic rings. The molecule has 0 aliphatic rings. The number of thioether (sulfide) groups is 1. The van der Waals surface area contributed by atoms with Crippen LogP contribution in [0.1, 0.15) is 21.7 Å². The Morgan fingerprint density at radius 2 is 1.80 bits per heavy atom. The highest BCUT2D eigenvalue weighted by atomic mass is 35.5. The zero-order valence-electron chi connectivity index (χ0n) is 20.6. The molecule has 0 aliphatic carbocycles. The molecule has 8 nitrogen and oxygen atoms in total. The molecule has 0 aliphatic heterocycles. The molecule has 1 heterocycles. The lowest BCUT2D eigenvalue weighted by atomic mass is 10.2. The minimum absolute atomic E-state index is 0.0603. The van der Waals surface area contributed by atoms with Gasteiger partial charge in [-0.3, -0.25) is 14.2 Å². The molecule has 0 unspecified atom stereocenters. The molecule has 2 amide bonds. The molecule has 1 aromatic heterocycles. The number of hydrogen-bond acceptors (Lipinski definition) is 6. The molecule has 0 fully saturated rings. The van der Waals surface area contributed by atoms with Gasteiger partial charge in [-0.05, 0) is 60.7 Å². The third-order valence-corrected chi connectivity index (χ3v) is 6.68. The van der Waals surface area contributed by atoms with Gasteiger partial charge < -0.3 is 15.4 Å². The van der Waals surface area contributed by atoms with E-state index >= 15 is 0 Å². The first-order valence-electron chi connectivity index (χ1n) is 11.5. The van der Waals surface area contributed by atoms with Gasteiger partial charge in [0.2, 0.25) is 5.91 Å². The maximum Gasteiger partial charge on any atom is 0.416 e. The summed E-state index contributed by atoms with van der Waals surface area (Å²) in [7, 11) is 1.48. The fraction of sp³-hybridized carbons (Fsp3) is 0.154. The van der Waals surface area contributed by atoms with Crippen molar-refractivity contribution >= 4 is 40.9 Å². The summed E-state index contributed by atoms with van der Waals surface area (Å²) in [6.07, 6.45) is -4.61. The number of halogens is 5. The quantitative estimate of drug-likeness (QED) is 0.190. The number of aromatic nitrogens is 3. The first kappa shape index (κ1) is 28.9. The number of carbonyl (C=O) groups is 2. The summed E-state index contributed by atoms with van der Waals surface area (Å²) in [6.45, 7) is -0.0625. The number of benzene rings is 3. The Kier molecular flexibility index (Phi) is 8.95. The maximum absolute atomic E-state index is 13.6. The number of hydrogen-bond donors (Lipinski definition) is 2. The maximum atomic E-state index is 13.6. The lowest BCUT2D eigenvalue weighted by Gasteiger charge is -2.13. The Hall–Kier alpha value is -4.10. The van der Waals surface area contributed by atoms with Crippen LogP contribution in [-0.4, -0.2) is 39.4 Å². The monoisotopic (exact) mass is 593 g/mol. The van der Waals surface area contributed by atoms with Crippen LogP contribution in [0, 0.1) is 5.82 Å². The minimum atomic E-state index is -4.61. The van der Waals surface area contributed by atoms with Crippen molar-refractivity contribution in [1.29, 1.82) is 0 Å². The molecular formula is C26H20ClF4N5O3S. The normalized spacial score (nSPS) is 11.2. The summed E-state index contributed by atoms with van der Waals surface area (Å²) >= 11 is 6.90. The standard InChI is InChI=1S/C26H20ClF4N5O3S/c1-39-19-4-2-3-15(11-19)24(38)32-13-22-34-35-25(36(22)18-8-6-17(28)7-9-18)40-14-23(37)33-21-12-16(26(29,30)31)5-10-20(21)27/h2-12H,13-14H2,1H3,(H,32,38)(H,33,37). The van der Waals surface area contributed by atoms with Crippen LogP contribution >= 0.6 is 23.4 Å². The van der Waals surface area contributed by atoms with Gasteiger partial charge in [0.1, 0.15) is 11.6 Å². The lowest BCUT2D eigenvalue weighted by molar-refractivity contribution is -0.137. The van der Waals surface area contributed by atoms with Crippen molar-refractivity contribution < 1.29 is 31.9 Å². The van der Waals surface area contributed by atoms with E-state index in [1.165, 1.54) is 35.9 Å². The number of rotatable bonds is 9. The van der Waals surface area contributed by atoms with E-state index in [4.69, 9.17) is 16.3 Å². The lowest BCUT2D eigenvalue weighted by Crippen LogP contribution is -2.24. The second kappa shape index (κ2) is 12.4. The van der Waals surface area contributed by atoms with Crippen molar-refractivity contribution in [1.82, 2.24) is 20.1 Å². The number of nitrogens with zero attached hydrogens (tertiary/aromatic N) is 3. The van der Waals surface area contributed by atoms with Gasteiger partial charge in [-0.2, -0.15) is 13.2 Å². The van der Waals surface area contributed by atoms with Crippen molar-refractivity contribution in [2.24, 2.45) is 0 Å². The van der Waals surface area contributed by atoms with E-state index in [0.717, 1.165) is 30.0 Å². The fourth-order valence-corrected chi connectivity index (χ4v) is 4.43. The molecule has 14 heteroatoms. The van der Waals surface area contributed by atoms with Gasteiger partial charge in [-0.15, -0.1) is 10.2 Å². The van der Waals surface area contributed by atoms with Crippen LogP contribution in [0.3, 0.4) is 0 Å². The van der Waals surface area contributed by atoms with Gasteiger partial charge in [0.15, 0.2) is 11.0 Å². The Labute approximate surface area is 234 Å². The van der Waals surface area contributed by atoms with E-state index in [2.05, 4.69) is 20.8 Å². The summed E-state index contributed by atoms with van der Waals surface area (Å²) in [4.78, 5) is 25.3. The number of nitrogens with one attached hydrogen (secondary N) is 2. The predicted octanol–water partition coefficient (Wildman–Crippen LogP) is 5.75. The third-order valence-electron chi connectivity index (χ3n) is 5.42. The van der Waals surface area contributed by atoms with E-state index in [9.17, 15) is 27.2 Å². The van der Waals surface area contributed by atoms with Crippen LogP contribution in [0.25, 0.3) is 5.69 Å². The van der Waals surface area contributed by atoms with E-state index < -0.39 is 29.4 Å². The number of amides is 2. The van der Waals surface area contributed by atoms with Crippen LogP contribution in [0.15, 0.2) is 71.9 Å². The molecule has 0 atom stereocenters. The zero-order valence-corrected chi connectivity index (χ0v) is 22.2. The van der Waals surface area contributed by atoms with E-state index in [0.29, 0.717) is 17.0 Å². The van der Waals surface area contributed by atoms with Gasteiger partial charge in [0, 0.05) is 11.3 Å². The van der Waals surface area contributed by atoms with E-state index in [1.807, 2.05) is 0 Å². The summed E-state index contributed by atoms with van der Waals surface area (Å²) in [5.41, 5.74) is -0.341. The first-order valence-corrected chi connectivity index (χ1v) is 12.8. The van der Waals surface area contributed by atoms with Crippen molar-refractivity contribution in [2.75, 3.05) is 18.2 Å². The summed E-state index contributed by atoms with van der Waals surface area (Å²) in [5.74, 6) is -0.998. The van der Waals surface area contributed by atoms with E-state index in [1.54, 1.807) is 24.3 Å². The van der Waals surface area contributed by atoms with Gasteiger partial charge in [0.05, 0.1) is 35.7 Å². The summed E-state index contributed by atoms with van der Waals surface area (Å²) < 4.78 is 59.4. The van der Waals surface area contributed by atoms with Crippen LogP contribution in [0.4, 0.5) is 23.2 Å². The molecule has 0 saturated heterocycles. The highest BCUT2D eigenvalue weighted by molar-refractivity contribution is 7.99. The molecule has 2 N–H and O–H groups in total. The smallest absolute Gasteiger partial charge is 0.416 e. The Morgan fingerprint density at radius 3 is 2.50 bits per heavy atom. The van der Waals surface area contributed by atoms with Crippen molar-refractivity contribution in [3.05, 3.63) is 94.5 Å². The molecular weight excluding hydrogens is 574 g/mol. The highest BCUT2D eigenvalue weighted by Crippen LogP contribution is 2.34. The number of carbonyl (C=O) groups excluding carboxylic acids is 2. The average Bonchev–Trinajstić information content (AvgIpc) is 3.34. The average molecular weight is 594 g/mol. The van der Waals surface area contributed by atoms with Gasteiger partial charge in [-0.25, -0.2) is 4.39 Å². The van der Waals surface area contributed by atoms with Gasteiger partial charge >= 0.3 is 6.18 Å². The largest absolute Gasteiger partial charge is 0.497 e. The highest BCUT2D eigenvalue weighted by Gasteiger charge is 2.31. The predicted molar refractivity (Wildman–Crippen MR) is 141 cm³/mol. The van der Waals surface area contributed by atoms with Crippen LogP contribution in [0.2, 0.25) is 5.02 Å². The SMILES string of the molecule is COc1cccc(C(=O)NCc2nnc(SCC(=O)Nc3cc(C(F)(F)F)ccc3Cl)n2-c2ccc(F)cc2)c1. The number of alkyl halides is 3. The Morgan fingerprint density at radius 1 is 1.05 bits per heavy atom. The molecule has 40 heavy (non-hydrogen) atoms. The van der Waals surface area contributed by atoms with Crippen molar-refractivity contribution in [2.45, 2.75) is 17.9 Å². The summed E-state index contributed by atoms with van der Waals surface area (Å²) in [6, 6.07) is 14.5. The topological polar surface area (TPSA) is 98.1 Å².